The van der Waals surface area contributed by atoms with Crippen LogP contribution >= 0.6 is 0 Å². The molecule has 112 valence electrons. The smallest absolute Gasteiger partial charge is 0.229 e. The lowest BCUT2D eigenvalue weighted by Crippen LogP contribution is -2.10. The van der Waals surface area contributed by atoms with Gasteiger partial charge in [0.15, 0.2) is 0 Å². The van der Waals surface area contributed by atoms with E-state index in [4.69, 9.17) is 0 Å². The number of rotatable bonds is 3. The Labute approximate surface area is 133 Å². The van der Waals surface area contributed by atoms with Crippen LogP contribution in [0.25, 0.3) is 10.9 Å². The largest absolute Gasteiger partial charge is 0.325 e. The molecular weight excluding hydrogens is 286 g/mol. The number of aliphatic imine (C=N–C) groups is 1. The van der Waals surface area contributed by atoms with E-state index in [1.165, 1.54) is 0 Å². The van der Waals surface area contributed by atoms with Crippen molar-refractivity contribution in [2.24, 2.45) is 4.99 Å². The van der Waals surface area contributed by atoms with E-state index >= 15 is 0 Å². The molecular formula is C18H15N5. The normalized spacial score (nSPS) is 13.1. The molecule has 0 saturated carbocycles. The average molecular weight is 301 g/mol. The van der Waals surface area contributed by atoms with Gasteiger partial charge in [0.05, 0.1) is 12.1 Å². The molecule has 2 heterocycles. The third-order valence-electron chi connectivity index (χ3n) is 3.52. The van der Waals surface area contributed by atoms with Crippen LogP contribution in [-0.2, 0) is 0 Å². The molecule has 0 unspecified atom stereocenters. The van der Waals surface area contributed by atoms with E-state index in [0.29, 0.717) is 12.5 Å². The van der Waals surface area contributed by atoms with Crippen LogP contribution in [0.3, 0.4) is 0 Å². The van der Waals surface area contributed by atoms with Gasteiger partial charge >= 0.3 is 0 Å². The molecule has 5 nitrogen and oxygen atoms in total. The van der Waals surface area contributed by atoms with Gasteiger partial charge in [-0.15, -0.1) is 0 Å². The maximum Gasteiger partial charge on any atom is 0.229 e. The minimum atomic E-state index is 0.556. The maximum absolute atomic E-state index is 4.61. The molecule has 0 radical (unpaired) electrons. The van der Waals surface area contributed by atoms with Crippen molar-refractivity contribution in [2.75, 3.05) is 17.2 Å². The van der Waals surface area contributed by atoms with E-state index in [1.807, 2.05) is 66.7 Å². The van der Waals surface area contributed by atoms with Crippen LogP contribution in [0.2, 0.25) is 0 Å². The van der Waals surface area contributed by atoms with E-state index in [9.17, 15) is 0 Å². The van der Waals surface area contributed by atoms with E-state index < -0.39 is 0 Å². The number of hydrogen-bond acceptors (Lipinski definition) is 5. The zero-order valence-electron chi connectivity index (χ0n) is 12.4. The number of anilines is 3. The Morgan fingerprint density at radius 1 is 0.826 bits per heavy atom. The first-order valence-electron chi connectivity index (χ1n) is 7.45. The van der Waals surface area contributed by atoms with E-state index in [1.54, 1.807) is 0 Å². The minimum absolute atomic E-state index is 0.556. The molecule has 0 aliphatic carbocycles. The first kappa shape index (κ1) is 13.5. The molecule has 4 rings (SSSR count). The quantitative estimate of drug-likeness (QED) is 0.773. The highest BCUT2D eigenvalue weighted by Gasteiger charge is 2.10. The maximum atomic E-state index is 4.61. The molecule has 0 saturated heterocycles. The van der Waals surface area contributed by atoms with Gasteiger partial charge in [-0.05, 0) is 30.3 Å². The van der Waals surface area contributed by atoms with Crippen molar-refractivity contribution in [3.8, 4) is 0 Å². The van der Waals surface area contributed by atoms with Gasteiger partial charge in [-0.25, -0.2) is 4.98 Å². The molecule has 1 aromatic heterocycles. The van der Waals surface area contributed by atoms with Crippen LogP contribution in [0, 0.1) is 0 Å². The molecule has 0 atom stereocenters. The fourth-order valence-electron chi connectivity index (χ4n) is 2.45. The number of hydrogen-bond donors (Lipinski definition) is 2. The molecule has 1 aliphatic rings. The molecule has 1 aliphatic heterocycles. The van der Waals surface area contributed by atoms with Crippen LogP contribution in [0.1, 0.15) is 0 Å². The summed E-state index contributed by atoms with van der Waals surface area (Å²) in [6.45, 7) is 0.709. The number of benzene rings is 2. The zero-order chi connectivity index (χ0) is 15.5. The average Bonchev–Trinajstić information content (AvgIpc) is 3.09. The van der Waals surface area contributed by atoms with Crippen molar-refractivity contribution in [3.63, 3.8) is 0 Å². The van der Waals surface area contributed by atoms with Crippen LogP contribution in [0.5, 0.6) is 0 Å². The van der Waals surface area contributed by atoms with E-state index in [-0.39, 0.29) is 0 Å². The number of fused-ring (bicyclic) bond motifs is 1. The molecule has 2 N–H and O–H groups in total. The number of para-hydroxylation sites is 2. The second kappa shape index (κ2) is 5.88. The number of nitrogens with zero attached hydrogens (tertiary/aromatic N) is 3. The first-order valence-corrected chi connectivity index (χ1v) is 7.45. The number of aromatic nitrogens is 2. The van der Waals surface area contributed by atoms with Gasteiger partial charge in [-0.1, -0.05) is 36.4 Å². The molecule has 5 heteroatoms. The van der Waals surface area contributed by atoms with Gasteiger partial charge in [-0.3, -0.25) is 4.99 Å². The van der Waals surface area contributed by atoms with E-state index in [0.717, 1.165) is 28.2 Å². The molecule has 3 aromatic rings. The van der Waals surface area contributed by atoms with Crippen molar-refractivity contribution in [1.82, 2.24) is 9.97 Å². The molecule has 0 spiro atoms. The topological polar surface area (TPSA) is 62.2 Å². The second-order valence-corrected chi connectivity index (χ2v) is 5.16. The molecule has 23 heavy (non-hydrogen) atoms. The fourth-order valence-corrected chi connectivity index (χ4v) is 2.45. The Morgan fingerprint density at radius 2 is 1.65 bits per heavy atom. The Bertz CT molecular complexity index is 900. The minimum Gasteiger partial charge on any atom is -0.325 e. The van der Waals surface area contributed by atoms with Crippen molar-refractivity contribution >= 4 is 34.2 Å². The highest BCUT2D eigenvalue weighted by atomic mass is 15.2. The Kier molecular flexibility index (Phi) is 3.44. The summed E-state index contributed by atoms with van der Waals surface area (Å²) in [7, 11) is 0. The van der Waals surface area contributed by atoms with Gasteiger partial charge in [0, 0.05) is 11.1 Å². The SMILES string of the molecule is C1=CC(Nc2nc(Nc3ccccc3)nc3ccccc23)=NC1. The number of amidine groups is 1. The standard InChI is InChI=1S/C18H15N5/c1-2-7-13(8-3-1)20-18-21-15-10-5-4-9-14(15)17(23-18)22-16-11-6-12-19-16/h1-11H,12H2,(H2,19,20,21,22,23). The van der Waals surface area contributed by atoms with Gasteiger partial charge in [0.25, 0.3) is 0 Å². The Hall–Kier alpha value is -3.21. The van der Waals surface area contributed by atoms with Crippen LogP contribution in [-0.4, -0.2) is 22.3 Å². The summed E-state index contributed by atoms with van der Waals surface area (Å²) < 4.78 is 0. The third-order valence-corrected chi connectivity index (χ3v) is 3.52. The molecule has 2 aromatic carbocycles. The summed E-state index contributed by atoms with van der Waals surface area (Å²) in [5, 5.41) is 7.49. The van der Waals surface area contributed by atoms with Crippen molar-refractivity contribution in [1.29, 1.82) is 0 Å². The highest BCUT2D eigenvalue weighted by Crippen LogP contribution is 2.23. The highest BCUT2D eigenvalue weighted by molar-refractivity contribution is 6.08. The Morgan fingerprint density at radius 3 is 2.48 bits per heavy atom. The monoisotopic (exact) mass is 301 g/mol. The van der Waals surface area contributed by atoms with Crippen molar-refractivity contribution in [2.45, 2.75) is 0 Å². The zero-order valence-corrected chi connectivity index (χ0v) is 12.4. The van der Waals surface area contributed by atoms with Crippen LogP contribution in [0.15, 0.2) is 71.7 Å². The lowest BCUT2D eigenvalue weighted by atomic mass is 10.2. The lowest BCUT2D eigenvalue weighted by Gasteiger charge is -2.11. The van der Waals surface area contributed by atoms with Gasteiger partial charge in [-0.2, -0.15) is 4.98 Å². The third kappa shape index (κ3) is 2.89. The van der Waals surface area contributed by atoms with Crippen molar-refractivity contribution < 1.29 is 0 Å². The summed E-state index contributed by atoms with van der Waals surface area (Å²) in [5.74, 6) is 2.12. The summed E-state index contributed by atoms with van der Waals surface area (Å²) >= 11 is 0. The molecule has 0 amide bonds. The predicted octanol–water partition coefficient (Wildman–Crippen LogP) is 3.75. The summed E-state index contributed by atoms with van der Waals surface area (Å²) in [6.07, 6.45) is 3.97. The fraction of sp³-hybridized carbons (Fsp3) is 0.0556. The second-order valence-electron chi connectivity index (χ2n) is 5.16. The molecule has 0 bridgehead atoms. The molecule has 0 fully saturated rings. The van der Waals surface area contributed by atoms with Crippen molar-refractivity contribution in [3.05, 3.63) is 66.7 Å². The number of nitrogens with one attached hydrogen (secondary N) is 2. The van der Waals surface area contributed by atoms with Crippen LogP contribution in [0.4, 0.5) is 17.5 Å². The summed E-state index contributed by atoms with van der Waals surface area (Å²) in [4.78, 5) is 13.6. The van der Waals surface area contributed by atoms with Gasteiger partial charge < -0.3 is 10.6 Å². The lowest BCUT2D eigenvalue weighted by molar-refractivity contribution is 1.21. The van der Waals surface area contributed by atoms with E-state index in [2.05, 4.69) is 25.6 Å². The van der Waals surface area contributed by atoms with Gasteiger partial charge in [0.2, 0.25) is 5.95 Å². The summed E-state index contributed by atoms with van der Waals surface area (Å²) in [6, 6.07) is 17.8. The van der Waals surface area contributed by atoms with Gasteiger partial charge in [0.1, 0.15) is 11.7 Å². The summed E-state index contributed by atoms with van der Waals surface area (Å²) in [5.41, 5.74) is 1.83. The predicted molar refractivity (Wildman–Crippen MR) is 94.3 cm³/mol. The Balaban J connectivity index is 1.75. The van der Waals surface area contributed by atoms with Crippen LogP contribution < -0.4 is 10.6 Å². The first-order chi connectivity index (χ1) is 11.4.